The average Bonchev–Trinajstić information content (AvgIpc) is 3.08. The number of aliphatic imine (C=N–C) groups is 1. The van der Waals surface area contributed by atoms with Gasteiger partial charge in [-0.15, -0.1) is 0 Å². The fourth-order valence-electron chi connectivity index (χ4n) is 4.00. The highest BCUT2D eigenvalue weighted by atomic mass is 79.9. The largest absolute Gasteiger partial charge is 0.493 e. The van der Waals surface area contributed by atoms with E-state index in [1.54, 1.807) is 19.4 Å². The van der Waals surface area contributed by atoms with E-state index < -0.39 is 0 Å². The van der Waals surface area contributed by atoms with Gasteiger partial charge in [-0.25, -0.2) is 9.98 Å². The van der Waals surface area contributed by atoms with E-state index in [0.29, 0.717) is 41.2 Å². The quantitative estimate of drug-likeness (QED) is 0.295. The molecule has 0 unspecified atom stereocenters. The summed E-state index contributed by atoms with van der Waals surface area (Å²) in [5.41, 5.74) is 3.30. The third-order valence-corrected chi connectivity index (χ3v) is 6.89. The number of methoxy groups -OCH3 is 1. The zero-order chi connectivity index (χ0) is 24.9. The number of rotatable bonds is 8. The van der Waals surface area contributed by atoms with Gasteiger partial charge in [0.1, 0.15) is 12.1 Å². The van der Waals surface area contributed by atoms with Gasteiger partial charge in [-0.1, -0.05) is 22.0 Å². The fraction of sp³-hybridized carbons (Fsp3) is 0.346. The normalized spacial score (nSPS) is 14.9. The maximum atomic E-state index is 6.15. The van der Waals surface area contributed by atoms with E-state index in [1.165, 1.54) is 6.33 Å². The Morgan fingerprint density at radius 2 is 1.97 bits per heavy atom. The molecule has 2 aromatic carbocycles. The van der Waals surface area contributed by atoms with Crippen molar-refractivity contribution < 1.29 is 18.9 Å². The van der Waals surface area contributed by atoms with Crippen LogP contribution in [0, 0.1) is 6.92 Å². The molecule has 0 atom stereocenters. The molecule has 10 heteroatoms. The summed E-state index contributed by atoms with van der Waals surface area (Å²) in [4.78, 5) is 15.7. The van der Waals surface area contributed by atoms with Gasteiger partial charge < -0.3 is 24.3 Å². The van der Waals surface area contributed by atoms with Crippen molar-refractivity contribution in [3.05, 3.63) is 52.3 Å². The van der Waals surface area contributed by atoms with Crippen LogP contribution in [0.4, 0.5) is 17.2 Å². The van der Waals surface area contributed by atoms with Gasteiger partial charge in [0.2, 0.25) is 0 Å². The number of halogens is 1. The van der Waals surface area contributed by atoms with Crippen LogP contribution in [0.25, 0.3) is 0 Å². The lowest BCUT2D eigenvalue weighted by Crippen LogP contribution is -2.37. The molecular formula is C26H28BrN5O4. The van der Waals surface area contributed by atoms with Crippen LogP contribution in [0.3, 0.4) is 0 Å². The molecule has 0 aliphatic carbocycles. The smallest absolute Gasteiger partial charge is 0.250 e. The number of hydrogen-bond acceptors (Lipinski definition) is 9. The van der Waals surface area contributed by atoms with Gasteiger partial charge in [-0.05, 0) is 37.1 Å². The molecule has 9 nitrogen and oxygen atoms in total. The number of ether oxygens (including phenoxy) is 4. The fourth-order valence-corrected chi connectivity index (χ4v) is 4.38. The Balaban J connectivity index is 1.33. The van der Waals surface area contributed by atoms with Crippen LogP contribution in [0.5, 0.6) is 23.1 Å². The van der Waals surface area contributed by atoms with E-state index in [1.807, 2.05) is 31.2 Å². The van der Waals surface area contributed by atoms with Crippen LogP contribution in [0.2, 0.25) is 0 Å². The Morgan fingerprint density at radius 3 is 2.78 bits per heavy atom. The molecule has 2 aliphatic heterocycles. The topological polar surface area (TPSA) is 90.3 Å². The van der Waals surface area contributed by atoms with E-state index in [0.717, 1.165) is 60.6 Å². The van der Waals surface area contributed by atoms with E-state index in [2.05, 4.69) is 41.1 Å². The zero-order valence-electron chi connectivity index (χ0n) is 20.3. The number of nitrogens with zero attached hydrogens (tertiary/aromatic N) is 4. The molecule has 36 heavy (non-hydrogen) atoms. The number of benzene rings is 2. The minimum Gasteiger partial charge on any atom is -0.493 e. The molecule has 2 aliphatic rings. The third-order valence-electron chi connectivity index (χ3n) is 6.04. The first-order valence-electron chi connectivity index (χ1n) is 11.9. The molecule has 1 N–H and O–H groups in total. The standard InChI is InChI=1S/C26H28BrN5O4/c1-17-4-5-19(13-20(17)27)31-25-24-26(30-16-29-25)36-21-14-22(33-2)23(12-18(21)15-28-24)35-9-3-6-32-7-10-34-11-8-32/h4-5,12-16H,3,6-11H2,1-2H3,(H,29,30,31). The summed E-state index contributed by atoms with van der Waals surface area (Å²) in [5.74, 6) is 2.72. The maximum absolute atomic E-state index is 6.15. The van der Waals surface area contributed by atoms with Crippen LogP contribution < -0.4 is 19.5 Å². The Labute approximate surface area is 218 Å². The summed E-state index contributed by atoms with van der Waals surface area (Å²) in [6.45, 7) is 7.13. The molecule has 0 radical (unpaired) electrons. The summed E-state index contributed by atoms with van der Waals surface area (Å²) >= 11 is 3.57. The second-order valence-electron chi connectivity index (χ2n) is 8.52. The average molecular weight is 554 g/mol. The Bertz CT molecular complexity index is 1260. The highest BCUT2D eigenvalue weighted by Gasteiger charge is 2.21. The zero-order valence-corrected chi connectivity index (χ0v) is 21.9. The number of hydrogen-bond donors (Lipinski definition) is 1. The molecule has 5 rings (SSSR count). The lowest BCUT2D eigenvalue weighted by molar-refractivity contribution is 0.0357. The minimum absolute atomic E-state index is 0.356. The van der Waals surface area contributed by atoms with Gasteiger partial charge in [-0.3, -0.25) is 4.90 Å². The molecule has 1 aromatic heterocycles. The molecule has 3 aromatic rings. The first-order chi connectivity index (χ1) is 17.6. The highest BCUT2D eigenvalue weighted by molar-refractivity contribution is 9.10. The summed E-state index contributed by atoms with van der Waals surface area (Å²) in [5, 5.41) is 3.31. The first kappa shape index (κ1) is 24.5. The van der Waals surface area contributed by atoms with Crippen LogP contribution in [0.15, 0.2) is 46.1 Å². The van der Waals surface area contributed by atoms with E-state index >= 15 is 0 Å². The number of fused-ring (bicyclic) bond motifs is 2. The second kappa shape index (κ2) is 11.2. The van der Waals surface area contributed by atoms with Gasteiger partial charge in [0, 0.05) is 47.6 Å². The summed E-state index contributed by atoms with van der Waals surface area (Å²) < 4.78 is 24.2. The SMILES string of the molecule is COc1cc2c(cc1OCCCN1CCOCC1)C=Nc1c(Nc3ccc(C)c(Br)c3)ncnc1O2. The lowest BCUT2D eigenvalue weighted by atomic mass is 10.2. The van der Waals surface area contributed by atoms with Crippen molar-refractivity contribution in [2.75, 3.05) is 51.9 Å². The van der Waals surface area contributed by atoms with Gasteiger partial charge in [0.25, 0.3) is 5.88 Å². The number of aromatic nitrogens is 2. The number of morpholine rings is 1. The Kier molecular flexibility index (Phi) is 7.64. The minimum atomic E-state index is 0.356. The van der Waals surface area contributed by atoms with Crippen LogP contribution in [-0.2, 0) is 4.74 Å². The monoisotopic (exact) mass is 553 g/mol. The van der Waals surface area contributed by atoms with Crippen molar-refractivity contribution in [1.82, 2.24) is 14.9 Å². The number of nitrogens with one attached hydrogen (secondary N) is 1. The van der Waals surface area contributed by atoms with Gasteiger partial charge in [0.05, 0.1) is 26.9 Å². The number of aryl methyl sites for hydroxylation is 1. The molecule has 0 spiro atoms. The van der Waals surface area contributed by atoms with Crippen molar-refractivity contribution >= 4 is 39.3 Å². The van der Waals surface area contributed by atoms with Gasteiger partial charge in [0.15, 0.2) is 23.0 Å². The molecule has 0 amide bonds. The predicted molar refractivity (Wildman–Crippen MR) is 142 cm³/mol. The molecule has 3 heterocycles. The Hall–Kier alpha value is -3.21. The highest BCUT2D eigenvalue weighted by Crippen LogP contribution is 2.42. The number of anilines is 2. The van der Waals surface area contributed by atoms with Gasteiger partial charge >= 0.3 is 0 Å². The predicted octanol–water partition coefficient (Wildman–Crippen LogP) is 5.26. The molecular weight excluding hydrogens is 526 g/mol. The molecule has 1 fully saturated rings. The van der Waals surface area contributed by atoms with Crippen LogP contribution in [-0.4, -0.2) is 67.6 Å². The summed E-state index contributed by atoms with van der Waals surface area (Å²) in [6.07, 6.45) is 4.10. The van der Waals surface area contributed by atoms with Crippen molar-refractivity contribution in [3.8, 4) is 23.1 Å². The molecule has 0 bridgehead atoms. The van der Waals surface area contributed by atoms with E-state index in [4.69, 9.17) is 18.9 Å². The summed E-state index contributed by atoms with van der Waals surface area (Å²) in [6, 6.07) is 9.69. The first-order valence-corrected chi connectivity index (χ1v) is 12.6. The Morgan fingerprint density at radius 1 is 1.11 bits per heavy atom. The van der Waals surface area contributed by atoms with Gasteiger partial charge in [-0.2, -0.15) is 4.98 Å². The van der Waals surface area contributed by atoms with Crippen molar-refractivity contribution in [2.24, 2.45) is 4.99 Å². The summed E-state index contributed by atoms with van der Waals surface area (Å²) in [7, 11) is 1.62. The van der Waals surface area contributed by atoms with Crippen molar-refractivity contribution in [2.45, 2.75) is 13.3 Å². The van der Waals surface area contributed by atoms with E-state index in [-0.39, 0.29) is 0 Å². The lowest BCUT2D eigenvalue weighted by Gasteiger charge is -2.26. The van der Waals surface area contributed by atoms with Crippen LogP contribution in [0.1, 0.15) is 17.5 Å². The van der Waals surface area contributed by atoms with Crippen molar-refractivity contribution in [3.63, 3.8) is 0 Å². The molecule has 1 saturated heterocycles. The molecule has 188 valence electrons. The van der Waals surface area contributed by atoms with E-state index in [9.17, 15) is 0 Å². The third kappa shape index (κ3) is 5.61. The van der Waals surface area contributed by atoms with Crippen molar-refractivity contribution in [1.29, 1.82) is 0 Å². The molecule has 0 saturated carbocycles. The second-order valence-corrected chi connectivity index (χ2v) is 9.38. The van der Waals surface area contributed by atoms with Crippen LogP contribution >= 0.6 is 15.9 Å². The maximum Gasteiger partial charge on any atom is 0.250 e.